The van der Waals surface area contributed by atoms with E-state index >= 15 is 0 Å². The first-order chi connectivity index (χ1) is 8.70. The number of aliphatic hydroxyl groups is 1. The highest BCUT2D eigenvalue weighted by Gasteiger charge is 2.04. The van der Waals surface area contributed by atoms with E-state index in [0.29, 0.717) is 29.2 Å². The molecule has 2 rings (SSSR count). The standard InChI is InChI=1S/C13H14FN3O/c1-9-2-3-10(6-11(9)14)12-7-13(15-4-5-18)17-8-16-12/h2-3,6-8,18H,4-5H2,1H3,(H,15,16,17). The first-order valence-electron chi connectivity index (χ1n) is 5.64. The number of hydrogen-bond acceptors (Lipinski definition) is 4. The fourth-order valence-corrected chi connectivity index (χ4v) is 1.55. The van der Waals surface area contributed by atoms with E-state index in [1.807, 2.05) is 6.07 Å². The fraction of sp³-hybridized carbons (Fsp3) is 0.231. The monoisotopic (exact) mass is 247 g/mol. The molecule has 0 saturated carbocycles. The number of hydrogen-bond donors (Lipinski definition) is 2. The number of nitrogens with one attached hydrogen (secondary N) is 1. The highest BCUT2D eigenvalue weighted by Crippen LogP contribution is 2.21. The van der Waals surface area contributed by atoms with Crippen molar-refractivity contribution in [2.45, 2.75) is 6.92 Å². The highest BCUT2D eigenvalue weighted by atomic mass is 19.1. The average Bonchev–Trinajstić information content (AvgIpc) is 2.40. The summed E-state index contributed by atoms with van der Waals surface area (Å²) in [5.41, 5.74) is 1.95. The van der Waals surface area contributed by atoms with Gasteiger partial charge in [-0.2, -0.15) is 0 Å². The summed E-state index contributed by atoms with van der Waals surface area (Å²) in [4.78, 5) is 8.12. The fourth-order valence-electron chi connectivity index (χ4n) is 1.55. The molecule has 1 aromatic heterocycles. The Morgan fingerprint density at radius 1 is 1.28 bits per heavy atom. The van der Waals surface area contributed by atoms with Crippen LogP contribution in [0.4, 0.5) is 10.2 Å². The number of aliphatic hydroxyl groups excluding tert-OH is 1. The van der Waals surface area contributed by atoms with Gasteiger partial charge in [0.1, 0.15) is 18.0 Å². The molecule has 0 unspecified atom stereocenters. The molecule has 1 aromatic carbocycles. The van der Waals surface area contributed by atoms with Crippen molar-refractivity contribution in [2.75, 3.05) is 18.5 Å². The molecule has 5 heteroatoms. The summed E-state index contributed by atoms with van der Waals surface area (Å²) in [6, 6.07) is 6.71. The molecule has 4 nitrogen and oxygen atoms in total. The number of aromatic nitrogens is 2. The van der Waals surface area contributed by atoms with Crippen LogP contribution < -0.4 is 5.32 Å². The van der Waals surface area contributed by atoms with Gasteiger partial charge in [-0.25, -0.2) is 14.4 Å². The van der Waals surface area contributed by atoms with Crippen LogP contribution in [0, 0.1) is 12.7 Å². The lowest BCUT2D eigenvalue weighted by molar-refractivity contribution is 0.311. The summed E-state index contributed by atoms with van der Waals surface area (Å²) in [6.45, 7) is 2.16. The molecule has 2 aromatic rings. The van der Waals surface area contributed by atoms with Crippen molar-refractivity contribution in [3.05, 3.63) is 42.0 Å². The van der Waals surface area contributed by atoms with Crippen LogP contribution >= 0.6 is 0 Å². The first-order valence-corrected chi connectivity index (χ1v) is 5.64. The highest BCUT2D eigenvalue weighted by molar-refractivity contribution is 5.62. The molecule has 18 heavy (non-hydrogen) atoms. The van der Waals surface area contributed by atoms with Crippen LogP contribution in [0.2, 0.25) is 0 Å². The molecule has 0 atom stereocenters. The molecule has 0 radical (unpaired) electrons. The van der Waals surface area contributed by atoms with Gasteiger partial charge in [-0.1, -0.05) is 12.1 Å². The number of halogens is 1. The zero-order chi connectivity index (χ0) is 13.0. The third kappa shape index (κ3) is 2.81. The maximum atomic E-state index is 13.5. The second kappa shape index (κ2) is 5.55. The Labute approximate surface area is 105 Å². The van der Waals surface area contributed by atoms with E-state index in [9.17, 15) is 4.39 Å². The largest absolute Gasteiger partial charge is 0.395 e. The Kier molecular flexibility index (Phi) is 3.84. The molecule has 1 heterocycles. The Hall–Kier alpha value is -2.01. The van der Waals surface area contributed by atoms with Gasteiger partial charge < -0.3 is 10.4 Å². The second-order valence-corrected chi connectivity index (χ2v) is 3.90. The molecule has 0 spiro atoms. The number of aryl methyl sites for hydroxylation is 1. The van der Waals surface area contributed by atoms with Crippen molar-refractivity contribution in [3.63, 3.8) is 0 Å². The van der Waals surface area contributed by atoms with E-state index in [1.54, 1.807) is 19.1 Å². The van der Waals surface area contributed by atoms with Gasteiger partial charge in [0.2, 0.25) is 0 Å². The van der Waals surface area contributed by atoms with Gasteiger partial charge in [0.25, 0.3) is 0 Å². The molecule has 0 bridgehead atoms. The number of anilines is 1. The summed E-state index contributed by atoms with van der Waals surface area (Å²) in [5, 5.41) is 11.7. The molecule has 0 aliphatic heterocycles. The van der Waals surface area contributed by atoms with Gasteiger partial charge in [-0.05, 0) is 18.6 Å². The molecular formula is C13H14FN3O. The number of rotatable bonds is 4. The SMILES string of the molecule is Cc1ccc(-c2cc(NCCO)ncn2)cc1F. The molecule has 0 saturated heterocycles. The van der Waals surface area contributed by atoms with Crippen molar-refractivity contribution in [2.24, 2.45) is 0 Å². The molecule has 0 amide bonds. The summed E-state index contributed by atoms with van der Waals surface area (Å²) in [7, 11) is 0. The van der Waals surface area contributed by atoms with E-state index in [-0.39, 0.29) is 12.4 Å². The molecule has 94 valence electrons. The van der Waals surface area contributed by atoms with E-state index in [4.69, 9.17) is 5.11 Å². The lowest BCUT2D eigenvalue weighted by Crippen LogP contribution is -2.07. The van der Waals surface area contributed by atoms with Crippen LogP contribution in [0.1, 0.15) is 5.56 Å². The second-order valence-electron chi connectivity index (χ2n) is 3.90. The third-order valence-corrected chi connectivity index (χ3v) is 2.55. The quantitative estimate of drug-likeness (QED) is 0.867. The zero-order valence-corrected chi connectivity index (χ0v) is 10.0. The number of benzene rings is 1. The maximum Gasteiger partial charge on any atom is 0.130 e. The molecule has 0 aliphatic carbocycles. The predicted molar refractivity (Wildman–Crippen MR) is 67.7 cm³/mol. The van der Waals surface area contributed by atoms with Crippen LogP contribution in [0.25, 0.3) is 11.3 Å². The average molecular weight is 247 g/mol. The van der Waals surface area contributed by atoms with E-state index in [0.717, 1.165) is 0 Å². The van der Waals surface area contributed by atoms with Gasteiger partial charge in [-0.15, -0.1) is 0 Å². The summed E-state index contributed by atoms with van der Waals surface area (Å²) < 4.78 is 13.5. The van der Waals surface area contributed by atoms with Crippen molar-refractivity contribution in [1.29, 1.82) is 0 Å². The topological polar surface area (TPSA) is 58.0 Å². The smallest absolute Gasteiger partial charge is 0.130 e. The Balaban J connectivity index is 2.29. The van der Waals surface area contributed by atoms with Gasteiger partial charge >= 0.3 is 0 Å². The van der Waals surface area contributed by atoms with Crippen LogP contribution in [0.5, 0.6) is 0 Å². The Bertz CT molecular complexity index is 546. The molecule has 0 fully saturated rings. The van der Waals surface area contributed by atoms with E-state index in [1.165, 1.54) is 12.4 Å². The normalized spacial score (nSPS) is 10.4. The predicted octanol–water partition coefficient (Wildman–Crippen LogP) is 2.00. The van der Waals surface area contributed by atoms with Gasteiger partial charge in [0.05, 0.1) is 12.3 Å². The van der Waals surface area contributed by atoms with Crippen molar-refractivity contribution in [3.8, 4) is 11.3 Å². The van der Waals surface area contributed by atoms with Gasteiger partial charge in [0.15, 0.2) is 0 Å². The molecule has 0 aliphatic rings. The molecular weight excluding hydrogens is 233 g/mol. The Morgan fingerprint density at radius 3 is 2.83 bits per heavy atom. The molecule has 2 N–H and O–H groups in total. The number of nitrogens with zero attached hydrogens (tertiary/aromatic N) is 2. The van der Waals surface area contributed by atoms with Crippen LogP contribution in [0.3, 0.4) is 0 Å². The lowest BCUT2D eigenvalue weighted by atomic mass is 10.1. The minimum Gasteiger partial charge on any atom is -0.395 e. The van der Waals surface area contributed by atoms with Crippen LogP contribution in [-0.4, -0.2) is 28.2 Å². The van der Waals surface area contributed by atoms with E-state index in [2.05, 4.69) is 15.3 Å². The third-order valence-electron chi connectivity index (χ3n) is 2.55. The lowest BCUT2D eigenvalue weighted by Gasteiger charge is -2.06. The minimum atomic E-state index is -0.254. The van der Waals surface area contributed by atoms with Crippen molar-refractivity contribution >= 4 is 5.82 Å². The van der Waals surface area contributed by atoms with Gasteiger partial charge in [-0.3, -0.25) is 0 Å². The zero-order valence-electron chi connectivity index (χ0n) is 10.0. The summed E-state index contributed by atoms with van der Waals surface area (Å²) in [5.74, 6) is 0.353. The Morgan fingerprint density at radius 2 is 2.11 bits per heavy atom. The maximum absolute atomic E-state index is 13.5. The van der Waals surface area contributed by atoms with Gasteiger partial charge in [0, 0.05) is 18.2 Å². The summed E-state index contributed by atoms with van der Waals surface area (Å²) in [6.07, 6.45) is 1.41. The van der Waals surface area contributed by atoms with Crippen molar-refractivity contribution < 1.29 is 9.50 Å². The first kappa shape index (κ1) is 12.4. The van der Waals surface area contributed by atoms with Crippen molar-refractivity contribution in [1.82, 2.24) is 9.97 Å². The van der Waals surface area contributed by atoms with E-state index < -0.39 is 0 Å². The summed E-state index contributed by atoms with van der Waals surface area (Å²) >= 11 is 0. The minimum absolute atomic E-state index is 0.0263. The van der Waals surface area contributed by atoms with Crippen LogP contribution in [-0.2, 0) is 0 Å². The van der Waals surface area contributed by atoms with Crippen LogP contribution in [0.15, 0.2) is 30.6 Å².